The van der Waals surface area contributed by atoms with E-state index in [9.17, 15) is 0 Å². The minimum atomic E-state index is -0.0429. The molecule has 6 heteroatoms. The SMILES string of the molecule is C[C@H](NC(=S)N1CCc2c([nH]c3ccccc23)C1c1ccc2c(c1)OCO2)c1ccccc1. The zero-order valence-corrected chi connectivity index (χ0v) is 19.2. The van der Waals surface area contributed by atoms with Gasteiger partial charge >= 0.3 is 0 Å². The zero-order chi connectivity index (χ0) is 22.4. The topological polar surface area (TPSA) is 49.5 Å². The van der Waals surface area contributed by atoms with Crippen LogP contribution < -0.4 is 14.8 Å². The zero-order valence-electron chi connectivity index (χ0n) is 18.4. The van der Waals surface area contributed by atoms with Crippen LogP contribution in [-0.2, 0) is 6.42 Å². The number of benzene rings is 3. The van der Waals surface area contributed by atoms with Crippen LogP contribution in [-0.4, -0.2) is 28.3 Å². The molecule has 1 unspecified atom stereocenters. The van der Waals surface area contributed by atoms with Crippen LogP contribution in [0.15, 0.2) is 72.8 Å². The number of nitrogens with zero attached hydrogens (tertiary/aromatic N) is 1. The van der Waals surface area contributed by atoms with Gasteiger partial charge in [-0.3, -0.25) is 0 Å². The lowest BCUT2D eigenvalue weighted by Gasteiger charge is -2.39. The van der Waals surface area contributed by atoms with E-state index in [1.54, 1.807) is 0 Å². The van der Waals surface area contributed by atoms with Crippen LogP contribution in [0, 0.1) is 0 Å². The first-order valence-electron chi connectivity index (χ1n) is 11.3. The Bertz CT molecular complexity index is 1330. The van der Waals surface area contributed by atoms with Crippen molar-refractivity contribution in [1.82, 2.24) is 15.2 Å². The van der Waals surface area contributed by atoms with Gasteiger partial charge in [-0.05, 0) is 60.5 Å². The lowest BCUT2D eigenvalue weighted by Crippen LogP contribution is -2.46. The molecule has 3 aromatic carbocycles. The summed E-state index contributed by atoms with van der Waals surface area (Å²) in [5, 5.41) is 5.61. The van der Waals surface area contributed by atoms with Crippen molar-refractivity contribution in [2.75, 3.05) is 13.3 Å². The third kappa shape index (κ3) is 3.51. The molecule has 0 fully saturated rings. The van der Waals surface area contributed by atoms with E-state index in [0.717, 1.165) is 40.7 Å². The van der Waals surface area contributed by atoms with Crippen LogP contribution in [0.4, 0.5) is 0 Å². The average molecular weight is 456 g/mol. The summed E-state index contributed by atoms with van der Waals surface area (Å²) in [6, 6.07) is 25.2. The highest BCUT2D eigenvalue weighted by atomic mass is 32.1. The highest BCUT2D eigenvalue weighted by molar-refractivity contribution is 7.80. The standard InChI is InChI=1S/C27H25N3O2S/c1-17(18-7-3-2-4-8-18)28-27(33)30-14-13-21-20-9-5-6-10-22(20)29-25(21)26(30)19-11-12-23-24(15-19)32-16-31-23/h2-12,15,17,26,29H,13-14,16H2,1H3,(H,28,33)/t17-,26?/m0/s1. The summed E-state index contributed by atoms with van der Waals surface area (Å²) in [5.41, 5.74) is 6.05. The largest absolute Gasteiger partial charge is 0.454 e. The smallest absolute Gasteiger partial charge is 0.231 e. The lowest BCUT2D eigenvalue weighted by molar-refractivity contribution is 0.174. The quantitative estimate of drug-likeness (QED) is 0.401. The number of rotatable bonds is 3. The van der Waals surface area contributed by atoms with Gasteiger partial charge in [0.15, 0.2) is 16.6 Å². The van der Waals surface area contributed by atoms with Crippen LogP contribution in [0.3, 0.4) is 0 Å². The Labute approximate surface area is 198 Å². The van der Waals surface area contributed by atoms with Gasteiger partial charge in [0.05, 0.1) is 12.1 Å². The Morgan fingerprint density at radius 2 is 1.82 bits per heavy atom. The molecule has 0 saturated carbocycles. The summed E-state index contributed by atoms with van der Waals surface area (Å²) < 4.78 is 11.2. The van der Waals surface area contributed by atoms with E-state index >= 15 is 0 Å². The summed E-state index contributed by atoms with van der Waals surface area (Å²) in [7, 11) is 0. The van der Waals surface area contributed by atoms with Crippen molar-refractivity contribution in [1.29, 1.82) is 0 Å². The Kier molecular flexibility index (Phi) is 4.95. The van der Waals surface area contributed by atoms with E-state index in [0.29, 0.717) is 0 Å². The molecule has 4 aromatic rings. The predicted molar refractivity (Wildman–Crippen MR) is 134 cm³/mol. The first kappa shape index (κ1) is 20.1. The molecule has 0 spiro atoms. The summed E-state index contributed by atoms with van der Waals surface area (Å²) in [5.74, 6) is 1.57. The van der Waals surface area contributed by atoms with E-state index < -0.39 is 0 Å². The molecule has 2 atom stereocenters. The predicted octanol–water partition coefficient (Wildman–Crippen LogP) is 5.48. The van der Waals surface area contributed by atoms with E-state index in [2.05, 4.69) is 82.8 Å². The number of para-hydroxylation sites is 1. The molecular weight excluding hydrogens is 430 g/mol. The van der Waals surface area contributed by atoms with Gasteiger partial charge < -0.3 is 24.7 Å². The monoisotopic (exact) mass is 455 g/mol. The highest BCUT2D eigenvalue weighted by Crippen LogP contribution is 2.42. The Hall–Kier alpha value is -3.51. The molecule has 6 rings (SSSR count). The second-order valence-electron chi connectivity index (χ2n) is 8.60. The molecule has 5 nitrogen and oxygen atoms in total. The van der Waals surface area contributed by atoms with Gasteiger partial charge in [0.1, 0.15) is 0 Å². The van der Waals surface area contributed by atoms with Crippen LogP contribution in [0.5, 0.6) is 11.5 Å². The molecule has 3 heterocycles. The van der Waals surface area contributed by atoms with E-state index in [1.807, 2.05) is 12.1 Å². The van der Waals surface area contributed by atoms with Gasteiger partial charge in [-0.25, -0.2) is 0 Å². The summed E-state index contributed by atoms with van der Waals surface area (Å²) in [6.45, 7) is 3.25. The van der Waals surface area contributed by atoms with Crippen molar-refractivity contribution in [3.05, 3.63) is 95.2 Å². The molecule has 2 aliphatic rings. The van der Waals surface area contributed by atoms with Crippen LogP contribution in [0.25, 0.3) is 10.9 Å². The lowest BCUT2D eigenvalue weighted by atomic mass is 9.92. The fraction of sp³-hybridized carbons (Fsp3) is 0.222. The van der Waals surface area contributed by atoms with Gasteiger partial charge in [-0.1, -0.05) is 54.6 Å². The first-order chi connectivity index (χ1) is 16.2. The van der Waals surface area contributed by atoms with Crippen LogP contribution in [0.2, 0.25) is 0 Å². The molecule has 2 N–H and O–H groups in total. The number of hydrogen-bond donors (Lipinski definition) is 2. The minimum Gasteiger partial charge on any atom is -0.454 e. The number of aromatic nitrogens is 1. The molecule has 2 aliphatic heterocycles. The molecule has 166 valence electrons. The summed E-state index contributed by atoms with van der Waals surface area (Å²) in [6.07, 6.45) is 0.932. The van der Waals surface area contributed by atoms with Gasteiger partial charge in [0, 0.05) is 23.1 Å². The maximum absolute atomic E-state index is 5.98. The van der Waals surface area contributed by atoms with Crippen molar-refractivity contribution in [3.8, 4) is 11.5 Å². The van der Waals surface area contributed by atoms with Crippen LogP contribution >= 0.6 is 12.2 Å². The highest BCUT2D eigenvalue weighted by Gasteiger charge is 2.34. The molecule has 0 aliphatic carbocycles. The number of H-pyrrole nitrogens is 1. The third-order valence-electron chi connectivity index (χ3n) is 6.65. The normalized spacial score (nSPS) is 17.6. The molecule has 0 saturated heterocycles. The molecule has 33 heavy (non-hydrogen) atoms. The third-order valence-corrected chi connectivity index (χ3v) is 7.00. The van der Waals surface area contributed by atoms with Crippen molar-refractivity contribution in [3.63, 3.8) is 0 Å². The molecule has 1 aromatic heterocycles. The number of nitrogens with one attached hydrogen (secondary N) is 2. The first-order valence-corrected chi connectivity index (χ1v) is 11.7. The molecule has 0 radical (unpaired) electrons. The number of thiocarbonyl (C=S) groups is 1. The van der Waals surface area contributed by atoms with Crippen molar-refractivity contribution < 1.29 is 9.47 Å². The van der Waals surface area contributed by atoms with Gasteiger partial charge in [0.25, 0.3) is 0 Å². The average Bonchev–Trinajstić information content (AvgIpc) is 3.47. The molecule has 0 amide bonds. The van der Waals surface area contributed by atoms with Gasteiger partial charge in [0.2, 0.25) is 6.79 Å². The van der Waals surface area contributed by atoms with Crippen molar-refractivity contribution in [2.45, 2.75) is 25.4 Å². The van der Waals surface area contributed by atoms with Crippen molar-refractivity contribution >= 4 is 28.2 Å². The van der Waals surface area contributed by atoms with E-state index in [4.69, 9.17) is 21.7 Å². The fourth-order valence-electron chi connectivity index (χ4n) is 4.98. The van der Waals surface area contributed by atoms with Crippen LogP contribution in [0.1, 0.15) is 41.4 Å². The fourth-order valence-corrected chi connectivity index (χ4v) is 5.36. The summed E-state index contributed by atoms with van der Waals surface area (Å²) >= 11 is 5.98. The molecular formula is C27H25N3O2S. The van der Waals surface area contributed by atoms with Gasteiger partial charge in [-0.2, -0.15) is 0 Å². The second kappa shape index (κ2) is 8.12. The number of hydrogen-bond acceptors (Lipinski definition) is 3. The van der Waals surface area contributed by atoms with Crippen molar-refractivity contribution in [2.24, 2.45) is 0 Å². The maximum atomic E-state index is 5.98. The van der Waals surface area contributed by atoms with Gasteiger partial charge in [-0.15, -0.1) is 0 Å². The maximum Gasteiger partial charge on any atom is 0.231 e. The number of ether oxygens (including phenoxy) is 2. The Morgan fingerprint density at radius 1 is 1.03 bits per heavy atom. The number of aromatic amines is 1. The number of fused-ring (bicyclic) bond motifs is 4. The van der Waals surface area contributed by atoms with E-state index in [-0.39, 0.29) is 18.9 Å². The Morgan fingerprint density at radius 3 is 2.70 bits per heavy atom. The Balaban J connectivity index is 1.40. The van der Waals surface area contributed by atoms with E-state index in [1.165, 1.54) is 22.2 Å². The summed E-state index contributed by atoms with van der Waals surface area (Å²) in [4.78, 5) is 6.00. The minimum absolute atomic E-state index is 0.0429. The molecule has 0 bridgehead atoms. The second-order valence-corrected chi connectivity index (χ2v) is 8.99.